The van der Waals surface area contributed by atoms with Crippen molar-refractivity contribution < 1.29 is 9.21 Å². The number of furan rings is 1. The maximum atomic E-state index is 12.0. The number of carbonyl (C=O) groups excluding carboxylic acids is 1. The highest BCUT2D eigenvalue weighted by Gasteiger charge is 2.17. The zero-order chi connectivity index (χ0) is 12.3. The number of nitrogens with zero attached hydrogens (tertiary/aromatic N) is 1. The Morgan fingerprint density at radius 2 is 2.47 bits per heavy atom. The van der Waals surface area contributed by atoms with Crippen molar-refractivity contribution in [3.63, 3.8) is 0 Å². The Morgan fingerprint density at radius 3 is 3.12 bits per heavy atom. The Labute approximate surface area is 99.2 Å². The van der Waals surface area contributed by atoms with Crippen molar-refractivity contribution in [3.05, 3.63) is 41.9 Å². The van der Waals surface area contributed by atoms with E-state index >= 15 is 0 Å². The minimum Gasteiger partial charge on any atom is -0.469 e. The molecule has 0 spiro atoms. The second-order valence-electron chi connectivity index (χ2n) is 3.78. The van der Waals surface area contributed by atoms with Gasteiger partial charge in [-0.05, 0) is 13.0 Å². The molecule has 0 aliphatic heterocycles. The third-order valence-electron chi connectivity index (χ3n) is 2.59. The van der Waals surface area contributed by atoms with Crippen molar-refractivity contribution in [2.24, 2.45) is 0 Å². The summed E-state index contributed by atoms with van der Waals surface area (Å²) >= 11 is 0. The molecule has 0 saturated carbocycles. The van der Waals surface area contributed by atoms with Gasteiger partial charge in [-0.15, -0.1) is 0 Å². The van der Waals surface area contributed by atoms with Gasteiger partial charge in [-0.25, -0.2) is 4.98 Å². The predicted molar refractivity (Wildman–Crippen MR) is 62.6 cm³/mol. The van der Waals surface area contributed by atoms with Crippen LogP contribution in [0, 0.1) is 0 Å². The fourth-order valence-corrected chi connectivity index (χ4v) is 1.67. The average Bonchev–Trinajstić information content (AvgIpc) is 2.99. The van der Waals surface area contributed by atoms with E-state index in [-0.39, 0.29) is 11.9 Å². The smallest absolute Gasteiger partial charge is 0.255 e. The first-order valence-corrected chi connectivity index (χ1v) is 5.59. The molecule has 0 radical (unpaired) electrons. The molecule has 0 aromatic carbocycles. The highest BCUT2D eigenvalue weighted by molar-refractivity contribution is 5.95. The van der Waals surface area contributed by atoms with Crippen molar-refractivity contribution in [1.29, 1.82) is 0 Å². The van der Waals surface area contributed by atoms with Gasteiger partial charge in [-0.3, -0.25) is 4.79 Å². The molecule has 2 N–H and O–H groups in total. The summed E-state index contributed by atoms with van der Waals surface area (Å²) in [7, 11) is 0. The second kappa shape index (κ2) is 4.86. The molecular weight excluding hydrogens is 218 g/mol. The van der Waals surface area contributed by atoms with Crippen LogP contribution in [0.2, 0.25) is 0 Å². The lowest BCUT2D eigenvalue weighted by Gasteiger charge is -2.11. The molecule has 2 rings (SSSR count). The van der Waals surface area contributed by atoms with Crippen LogP contribution in [0.5, 0.6) is 0 Å². The first-order valence-electron chi connectivity index (χ1n) is 5.59. The highest BCUT2D eigenvalue weighted by Crippen LogP contribution is 2.13. The van der Waals surface area contributed by atoms with Gasteiger partial charge in [0.1, 0.15) is 11.6 Å². The van der Waals surface area contributed by atoms with Gasteiger partial charge >= 0.3 is 0 Å². The largest absolute Gasteiger partial charge is 0.469 e. The Balaban J connectivity index is 2.07. The number of rotatable bonds is 4. The summed E-state index contributed by atoms with van der Waals surface area (Å²) in [5.41, 5.74) is 0.589. The summed E-state index contributed by atoms with van der Waals surface area (Å²) < 4.78 is 5.22. The summed E-state index contributed by atoms with van der Waals surface area (Å²) in [5.74, 6) is 1.30. The van der Waals surface area contributed by atoms with Gasteiger partial charge in [-0.2, -0.15) is 0 Å². The molecule has 1 unspecified atom stereocenters. The van der Waals surface area contributed by atoms with E-state index in [9.17, 15) is 4.79 Å². The fourth-order valence-electron chi connectivity index (χ4n) is 1.67. The molecule has 2 heterocycles. The van der Waals surface area contributed by atoms with Crippen LogP contribution in [0.4, 0.5) is 0 Å². The Morgan fingerprint density at radius 1 is 1.65 bits per heavy atom. The SMILES string of the molecule is CCc1occc1C(=O)NC(C)c1ncc[nH]1. The Bertz CT molecular complexity index is 488. The average molecular weight is 233 g/mol. The number of aromatic amines is 1. The molecule has 5 nitrogen and oxygen atoms in total. The van der Waals surface area contributed by atoms with Gasteiger partial charge in [0.05, 0.1) is 17.9 Å². The minimum atomic E-state index is -0.155. The van der Waals surface area contributed by atoms with Gasteiger partial charge in [0.25, 0.3) is 5.91 Å². The summed E-state index contributed by atoms with van der Waals surface area (Å²) in [6.45, 7) is 3.83. The predicted octanol–water partition coefficient (Wildman–Crippen LogP) is 2.06. The maximum Gasteiger partial charge on any atom is 0.255 e. The molecule has 5 heteroatoms. The van der Waals surface area contributed by atoms with Crippen LogP contribution in [-0.4, -0.2) is 15.9 Å². The number of aromatic nitrogens is 2. The number of amides is 1. The van der Waals surface area contributed by atoms with E-state index in [0.29, 0.717) is 17.7 Å². The quantitative estimate of drug-likeness (QED) is 0.849. The van der Waals surface area contributed by atoms with E-state index in [1.807, 2.05) is 13.8 Å². The second-order valence-corrected chi connectivity index (χ2v) is 3.78. The first-order chi connectivity index (χ1) is 8.22. The zero-order valence-corrected chi connectivity index (χ0v) is 9.86. The van der Waals surface area contributed by atoms with E-state index < -0.39 is 0 Å². The van der Waals surface area contributed by atoms with Crippen LogP contribution < -0.4 is 5.32 Å². The number of hydrogen-bond donors (Lipinski definition) is 2. The third kappa shape index (κ3) is 2.38. The molecule has 0 aliphatic rings. The molecule has 2 aromatic rings. The normalized spacial score (nSPS) is 12.4. The number of nitrogens with one attached hydrogen (secondary N) is 2. The van der Waals surface area contributed by atoms with Crippen molar-refractivity contribution in [2.45, 2.75) is 26.3 Å². The summed E-state index contributed by atoms with van der Waals surface area (Å²) in [4.78, 5) is 19.0. The third-order valence-corrected chi connectivity index (χ3v) is 2.59. The summed E-state index contributed by atoms with van der Waals surface area (Å²) in [6, 6.07) is 1.53. The molecule has 90 valence electrons. The number of carbonyl (C=O) groups is 1. The van der Waals surface area contributed by atoms with Crippen LogP contribution in [0.25, 0.3) is 0 Å². The molecule has 2 aromatic heterocycles. The summed E-state index contributed by atoms with van der Waals surface area (Å²) in [5, 5.41) is 2.87. The Hall–Kier alpha value is -2.04. The van der Waals surface area contributed by atoms with Crippen molar-refractivity contribution in [2.75, 3.05) is 0 Å². The lowest BCUT2D eigenvalue weighted by Crippen LogP contribution is -2.27. The standard InChI is InChI=1S/C12H15N3O2/c1-3-10-9(4-7-17-10)12(16)15-8(2)11-13-5-6-14-11/h4-8H,3H2,1-2H3,(H,13,14)(H,15,16). The molecule has 1 atom stereocenters. The van der Waals surface area contributed by atoms with Gasteiger partial charge < -0.3 is 14.7 Å². The fraction of sp³-hybridized carbons (Fsp3) is 0.333. The van der Waals surface area contributed by atoms with Crippen LogP contribution in [0.3, 0.4) is 0 Å². The lowest BCUT2D eigenvalue weighted by atomic mass is 10.2. The van der Waals surface area contributed by atoms with E-state index in [1.165, 1.54) is 6.26 Å². The highest BCUT2D eigenvalue weighted by atomic mass is 16.3. The number of imidazole rings is 1. The molecule has 0 aliphatic carbocycles. The molecule has 0 fully saturated rings. The van der Waals surface area contributed by atoms with Gasteiger partial charge in [0, 0.05) is 18.8 Å². The number of aryl methyl sites for hydroxylation is 1. The number of H-pyrrole nitrogens is 1. The van der Waals surface area contributed by atoms with Crippen molar-refractivity contribution in [3.8, 4) is 0 Å². The van der Waals surface area contributed by atoms with Crippen LogP contribution in [0.1, 0.15) is 41.8 Å². The van der Waals surface area contributed by atoms with Gasteiger partial charge in [0.15, 0.2) is 0 Å². The molecular formula is C12H15N3O2. The van der Waals surface area contributed by atoms with E-state index in [0.717, 1.165) is 5.82 Å². The van der Waals surface area contributed by atoms with Crippen LogP contribution in [0.15, 0.2) is 29.1 Å². The Kier molecular flexibility index (Phi) is 3.27. The van der Waals surface area contributed by atoms with Gasteiger partial charge in [0.2, 0.25) is 0 Å². The molecule has 0 bridgehead atoms. The van der Waals surface area contributed by atoms with Crippen molar-refractivity contribution in [1.82, 2.24) is 15.3 Å². The van der Waals surface area contributed by atoms with Gasteiger partial charge in [-0.1, -0.05) is 6.92 Å². The van der Waals surface area contributed by atoms with E-state index in [1.54, 1.807) is 18.5 Å². The maximum absolute atomic E-state index is 12.0. The molecule has 17 heavy (non-hydrogen) atoms. The zero-order valence-electron chi connectivity index (χ0n) is 9.86. The van der Waals surface area contributed by atoms with Crippen LogP contribution >= 0.6 is 0 Å². The summed E-state index contributed by atoms with van der Waals surface area (Å²) in [6.07, 6.45) is 5.62. The molecule has 1 amide bonds. The van der Waals surface area contributed by atoms with Crippen molar-refractivity contribution >= 4 is 5.91 Å². The minimum absolute atomic E-state index is 0.139. The van der Waals surface area contributed by atoms with E-state index in [4.69, 9.17) is 4.42 Å². The number of hydrogen-bond acceptors (Lipinski definition) is 3. The topological polar surface area (TPSA) is 70.9 Å². The van der Waals surface area contributed by atoms with Crippen LogP contribution in [-0.2, 0) is 6.42 Å². The first kappa shape index (κ1) is 11.4. The monoisotopic (exact) mass is 233 g/mol. The lowest BCUT2D eigenvalue weighted by molar-refractivity contribution is 0.0936. The van der Waals surface area contributed by atoms with E-state index in [2.05, 4.69) is 15.3 Å². The molecule has 0 saturated heterocycles.